The molecule has 1 fully saturated rings. The molecule has 0 atom stereocenters. The van der Waals surface area contributed by atoms with E-state index in [9.17, 15) is 4.79 Å². The second-order valence-corrected chi connectivity index (χ2v) is 7.38. The number of pyridine rings is 1. The van der Waals surface area contributed by atoms with Gasteiger partial charge in [0.05, 0.1) is 21.9 Å². The minimum atomic E-state index is -0.0243. The lowest BCUT2D eigenvalue weighted by atomic mass is 10.1. The zero-order chi connectivity index (χ0) is 17.9. The fourth-order valence-electron chi connectivity index (χ4n) is 2.75. The smallest absolute Gasteiger partial charge is 0.252 e. The van der Waals surface area contributed by atoms with Gasteiger partial charge in [-0.3, -0.25) is 4.79 Å². The Hall–Kier alpha value is -2.48. The Morgan fingerprint density at radius 3 is 3.00 bits per heavy atom. The van der Waals surface area contributed by atoms with Crippen molar-refractivity contribution >= 4 is 28.6 Å². The highest BCUT2D eigenvalue weighted by Crippen LogP contribution is 2.27. The molecule has 8 heteroatoms. The second-order valence-electron chi connectivity index (χ2n) is 6.38. The number of rotatable bonds is 7. The summed E-state index contributed by atoms with van der Waals surface area (Å²) in [6.45, 7) is 2.89. The number of carbonyl (C=O) groups is 1. The van der Waals surface area contributed by atoms with Gasteiger partial charge in [0.2, 0.25) is 0 Å². The van der Waals surface area contributed by atoms with Crippen LogP contribution in [0.1, 0.15) is 42.4 Å². The van der Waals surface area contributed by atoms with Gasteiger partial charge in [-0.25, -0.2) is 9.67 Å². The van der Waals surface area contributed by atoms with Gasteiger partial charge in [-0.15, -0.1) is 5.10 Å². The third-order valence-electron chi connectivity index (χ3n) is 4.24. The Kier molecular flexibility index (Phi) is 4.83. The molecule has 0 bridgehead atoms. The molecule has 134 valence electrons. The summed E-state index contributed by atoms with van der Waals surface area (Å²) in [5.41, 5.74) is 1.50. The number of amides is 1. The summed E-state index contributed by atoms with van der Waals surface area (Å²) < 4.78 is 1.81. The van der Waals surface area contributed by atoms with E-state index in [0.29, 0.717) is 17.4 Å². The molecular weight excluding hydrogens is 348 g/mol. The molecule has 26 heavy (non-hydrogen) atoms. The van der Waals surface area contributed by atoms with Gasteiger partial charge in [0.1, 0.15) is 0 Å². The van der Waals surface area contributed by atoms with Crippen molar-refractivity contribution in [1.82, 2.24) is 30.5 Å². The molecule has 0 saturated heterocycles. The normalized spacial score (nSPS) is 13.9. The molecule has 3 aromatic rings. The highest BCUT2D eigenvalue weighted by molar-refractivity contribution is 7.98. The fraction of sp³-hybridized carbons (Fsp3) is 0.389. The Morgan fingerprint density at radius 1 is 1.35 bits per heavy atom. The van der Waals surface area contributed by atoms with Crippen LogP contribution in [0.5, 0.6) is 0 Å². The predicted molar refractivity (Wildman–Crippen MR) is 99.9 cm³/mol. The fourth-order valence-corrected chi connectivity index (χ4v) is 3.60. The van der Waals surface area contributed by atoms with Crippen LogP contribution in [0.3, 0.4) is 0 Å². The van der Waals surface area contributed by atoms with Crippen LogP contribution in [0.15, 0.2) is 35.4 Å². The maximum Gasteiger partial charge on any atom is 0.252 e. The Morgan fingerprint density at radius 2 is 2.19 bits per heavy atom. The van der Waals surface area contributed by atoms with E-state index in [2.05, 4.69) is 27.8 Å². The minimum absolute atomic E-state index is 0.0243. The number of para-hydroxylation sites is 1. The molecule has 1 amide bonds. The lowest BCUT2D eigenvalue weighted by Crippen LogP contribution is -2.25. The van der Waals surface area contributed by atoms with Crippen molar-refractivity contribution in [3.05, 3.63) is 41.7 Å². The quantitative estimate of drug-likeness (QED) is 0.646. The van der Waals surface area contributed by atoms with Crippen molar-refractivity contribution in [2.24, 2.45) is 0 Å². The number of benzene rings is 1. The van der Waals surface area contributed by atoms with Crippen LogP contribution in [0.4, 0.5) is 0 Å². The highest BCUT2D eigenvalue weighted by Gasteiger charge is 2.25. The average molecular weight is 368 g/mol. The molecule has 2 aromatic heterocycles. The van der Waals surface area contributed by atoms with Crippen molar-refractivity contribution in [2.75, 3.05) is 0 Å². The molecule has 7 nitrogen and oxygen atoms in total. The van der Waals surface area contributed by atoms with Crippen LogP contribution >= 0.6 is 11.8 Å². The zero-order valence-corrected chi connectivity index (χ0v) is 15.4. The van der Waals surface area contributed by atoms with Crippen LogP contribution in [-0.4, -0.2) is 37.1 Å². The van der Waals surface area contributed by atoms with Crippen molar-refractivity contribution in [1.29, 1.82) is 0 Å². The van der Waals surface area contributed by atoms with E-state index in [1.807, 2.05) is 35.0 Å². The number of aryl methyl sites for hydroxylation is 1. The van der Waals surface area contributed by atoms with E-state index in [0.717, 1.165) is 47.6 Å². The summed E-state index contributed by atoms with van der Waals surface area (Å²) in [5, 5.41) is 16.6. The lowest BCUT2D eigenvalue weighted by molar-refractivity contribution is 0.0952. The first-order chi connectivity index (χ1) is 12.7. The maximum absolute atomic E-state index is 12.6. The van der Waals surface area contributed by atoms with Crippen LogP contribution in [-0.2, 0) is 12.3 Å². The van der Waals surface area contributed by atoms with E-state index >= 15 is 0 Å². The van der Waals surface area contributed by atoms with Crippen molar-refractivity contribution < 1.29 is 4.79 Å². The van der Waals surface area contributed by atoms with Gasteiger partial charge in [0, 0.05) is 18.0 Å². The number of fused-ring (bicyclic) bond motifs is 1. The minimum Gasteiger partial charge on any atom is -0.349 e. The lowest BCUT2D eigenvalue weighted by Gasteiger charge is -2.10. The Labute approximate surface area is 155 Å². The highest BCUT2D eigenvalue weighted by atomic mass is 32.2. The summed E-state index contributed by atoms with van der Waals surface area (Å²) in [7, 11) is 0. The molecule has 1 aromatic carbocycles. The van der Waals surface area contributed by atoms with Gasteiger partial charge in [0.15, 0.2) is 5.82 Å². The molecule has 1 aliphatic carbocycles. The van der Waals surface area contributed by atoms with Gasteiger partial charge in [-0.05, 0) is 41.8 Å². The largest absolute Gasteiger partial charge is 0.349 e. The Balaban J connectivity index is 1.60. The average Bonchev–Trinajstić information content (AvgIpc) is 3.36. The van der Waals surface area contributed by atoms with E-state index in [-0.39, 0.29) is 5.91 Å². The van der Waals surface area contributed by atoms with Crippen LogP contribution < -0.4 is 5.32 Å². The van der Waals surface area contributed by atoms with Gasteiger partial charge in [0.25, 0.3) is 5.91 Å². The third kappa shape index (κ3) is 3.70. The van der Waals surface area contributed by atoms with E-state index in [4.69, 9.17) is 4.98 Å². The van der Waals surface area contributed by atoms with Crippen LogP contribution in [0, 0.1) is 0 Å². The molecule has 4 rings (SSSR count). The van der Waals surface area contributed by atoms with Gasteiger partial charge in [-0.1, -0.05) is 36.9 Å². The topological polar surface area (TPSA) is 85.6 Å². The number of hydrogen-bond acceptors (Lipinski definition) is 6. The van der Waals surface area contributed by atoms with E-state index in [1.165, 1.54) is 0 Å². The molecule has 0 unspecified atom stereocenters. The molecule has 0 spiro atoms. The summed E-state index contributed by atoms with van der Waals surface area (Å²) in [6, 6.07) is 9.95. The summed E-state index contributed by atoms with van der Waals surface area (Å²) in [4.78, 5) is 17.3. The number of thioether (sulfide) groups is 1. The Bertz CT molecular complexity index is 936. The maximum atomic E-state index is 12.6. The molecular formula is C18H20N6OS. The molecule has 0 aliphatic heterocycles. The van der Waals surface area contributed by atoms with Gasteiger partial charge < -0.3 is 5.32 Å². The predicted octanol–water partition coefficient (Wildman–Crippen LogP) is 2.82. The van der Waals surface area contributed by atoms with Gasteiger partial charge in [-0.2, -0.15) is 0 Å². The van der Waals surface area contributed by atoms with E-state index < -0.39 is 0 Å². The molecule has 1 aliphatic rings. The monoisotopic (exact) mass is 368 g/mol. The van der Waals surface area contributed by atoms with Gasteiger partial charge >= 0.3 is 0 Å². The first kappa shape index (κ1) is 17.0. The standard InChI is InChI=1S/C18H20N6OS/c1-2-9-24-16(21-22-23-24)11-26-17-10-14(18(25)19-12-7-8-12)13-5-3-4-6-15(13)20-17/h3-6,10,12H,2,7-9,11H2,1H3,(H,19,25). The first-order valence-electron chi connectivity index (χ1n) is 8.83. The first-order valence-corrected chi connectivity index (χ1v) is 9.81. The van der Waals surface area contributed by atoms with Crippen LogP contribution in [0.25, 0.3) is 10.9 Å². The second kappa shape index (κ2) is 7.41. The molecule has 0 radical (unpaired) electrons. The molecule has 1 N–H and O–H groups in total. The SMILES string of the molecule is CCCn1nnnc1CSc1cc(C(=O)NC2CC2)c2ccccc2n1. The number of nitrogens with zero attached hydrogens (tertiary/aromatic N) is 5. The number of tetrazole rings is 1. The zero-order valence-electron chi connectivity index (χ0n) is 14.6. The number of hydrogen-bond donors (Lipinski definition) is 1. The molecule has 1 saturated carbocycles. The summed E-state index contributed by atoms with van der Waals surface area (Å²) >= 11 is 1.54. The van der Waals surface area contributed by atoms with Crippen LogP contribution in [0.2, 0.25) is 0 Å². The third-order valence-corrected chi connectivity index (χ3v) is 5.15. The molecule has 2 heterocycles. The van der Waals surface area contributed by atoms with Crippen molar-refractivity contribution in [2.45, 2.75) is 49.6 Å². The summed E-state index contributed by atoms with van der Waals surface area (Å²) in [5.74, 6) is 1.40. The van der Waals surface area contributed by atoms with E-state index in [1.54, 1.807) is 11.8 Å². The van der Waals surface area contributed by atoms with Crippen molar-refractivity contribution in [3.63, 3.8) is 0 Å². The number of nitrogens with one attached hydrogen (secondary N) is 1. The number of aromatic nitrogens is 5. The van der Waals surface area contributed by atoms with Crippen molar-refractivity contribution in [3.8, 4) is 0 Å². The number of carbonyl (C=O) groups excluding carboxylic acids is 1. The summed E-state index contributed by atoms with van der Waals surface area (Å²) in [6.07, 6.45) is 3.11.